The molecule has 0 bridgehead atoms. The van der Waals surface area contributed by atoms with Crippen molar-refractivity contribution in [3.8, 4) is 0 Å². The van der Waals surface area contributed by atoms with Gasteiger partial charge in [-0.3, -0.25) is 14.5 Å². The normalized spacial score (nSPS) is 21.2. The monoisotopic (exact) mass is 285 g/mol. The number of esters is 1. The predicted molar refractivity (Wildman–Crippen MR) is 77.4 cm³/mol. The first kappa shape index (κ1) is 16.9. The number of rotatable bonds is 7. The number of piperazine rings is 1. The summed E-state index contributed by atoms with van der Waals surface area (Å²) in [6.45, 7) is 8.76. The molecule has 1 rings (SSSR count). The molecule has 2 N–H and O–H groups in total. The van der Waals surface area contributed by atoms with Gasteiger partial charge in [0.1, 0.15) is 6.04 Å². The summed E-state index contributed by atoms with van der Waals surface area (Å²) >= 11 is 0. The van der Waals surface area contributed by atoms with Gasteiger partial charge in [-0.05, 0) is 20.3 Å². The second-order valence-corrected chi connectivity index (χ2v) is 5.03. The highest BCUT2D eigenvalue weighted by Crippen LogP contribution is 2.10. The van der Waals surface area contributed by atoms with Crippen LogP contribution in [0.1, 0.15) is 33.6 Å². The van der Waals surface area contributed by atoms with Crippen LogP contribution < -0.4 is 10.6 Å². The van der Waals surface area contributed by atoms with Gasteiger partial charge in [-0.2, -0.15) is 0 Å². The number of amides is 1. The van der Waals surface area contributed by atoms with Crippen molar-refractivity contribution in [3.63, 3.8) is 0 Å². The molecule has 116 valence electrons. The minimum absolute atomic E-state index is 0.0188. The molecule has 0 aromatic rings. The third-order valence-corrected chi connectivity index (χ3v) is 3.55. The minimum atomic E-state index is -0.379. The molecular weight excluding hydrogens is 258 g/mol. The zero-order chi connectivity index (χ0) is 15.0. The molecule has 1 aliphatic rings. The first-order valence-electron chi connectivity index (χ1n) is 7.52. The SMILES string of the molecule is CCCCNC(=O)C(C)N1CCNCC1C(=O)OCC. The third kappa shape index (κ3) is 4.76. The minimum Gasteiger partial charge on any atom is -0.465 e. The molecule has 1 heterocycles. The summed E-state index contributed by atoms with van der Waals surface area (Å²) in [6.07, 6.45) is 2.02. The molecule has 1 amide bonds. The molecule has 0 radical (unpaired) electrons. The maximum atomic E-state index is 12.1. The molecule has 1 aliphatic heterocycles. The molecule has 0 aromatic heterocycles. The number of hydrogen-bond donors (Lipinski definition) is 2. The van der Waals surface area contributed by atoms with E-state index in [4.69, 9.17) is 4.74 Å². The van der Waals surface area contributed by atoms with Crippen molar-refractivity contribution in [2.24, 2.45) is 0 Å². The van der Waals surface area contributed by atoms with Crippen LogP contribution in [0.4, 0.5) is 0 Å². The van der Waals surface area contributed by atoms with E-state index in [1.807, 2.05) is 11.8 Å². The molecule has 0 aromatic carbocycles. The Balaban J connectivity index is 2.59. The van der Waals surface area contributed by atoms with Gasteiger partial charge in [-0.1, -0.05) is 13.3 Å². The van der Waals surface area contributed by atoms with Gasteiger partial charge in [0.05, 0.1) is 12.6 Å². The zero-order valence-corrected chi connectivity index (χ0v) is 12.8. The molecular formula is C14H27N3O3. The highest BCUT2D eigenvalue weighted by molar-refractivity contribution is 5.83. The van der Waals surface area contributed by atoms with Crippen LogP contribution in [0.5, 0.6) is 0 Å². The largest absolute Gasteiger partial charge is 0.465 e. The van der Waals surface area contributed by atoms with Crippen LogP contribution in [0.15, 0.2) is 0 Å². The summed E-state index contributed by atoms with van der Waals surface area (Å²) in [6, 6.07) is -0.695. The molecule has 20 heavy (non-hydrogen) atoms. The molecule has 1 fully saturated rings. The third-order valence-electron chi connectivity index (χ3n) is 3.55. The Morgan fingerprint density at radius 2 is 2.20 bits per heavy atom. The molecule has 1 saturated heterocycles. The Labute approximate surface area is 121 Å². The fraction of sp³-hybridized carbons (Fsp3) is 0.857. The van der Waals surface area contributed by atoms with Gasteiger partial charge in [0.25, 0.3) is 0 Å². The van der Waals surface area contributed by atoms with Crippen LogP contribution in [0.2, 0.25) is 0 Å². The Kier molecular flexibility index (Phi) is 7.54. The zero-order valence-electron chi connectivity index (χ0n) is 12.8. The second kappa shape index (κ2) is 8.92. The van der Waals surface area contributed by atoms with Crippen LogP contribution in [-0.2, 0) is 14.3 Å². The maximum absolute atomic E-state index is 12.1. The van der Waals surface area contributed by atoms with E-state index in [0.29, 0.717) is 26.2 Å². The van der Waals surface area contributed by atoms with Crippen LogP contribution in [0.25, 0.3) is 0 Å². The van der Waals surface area contributed by atoms with Crippen LogP contribution in [-0.4, -0.2) is 61.6 Å². The molecule has 6 nitrogen and oxygen atoms in total. The quantitative estimate of drug-likeness (QED) is 0.514. The summed E-state index contributed by atoms with van der Waals surface area (Å²) in [7, 11) is 0. The summed E-state index contributed by atoms with van der Waals surface area (Å²) in [4.78, 5) is 26.0. The molecule has 0 saturated carbocycles. The molecule has 0 spiro atoms. The van der Waals surface area contributed by atoms with E-state index >= 15 is 0 Å². The highest BCUT2D eigenvalue weighted by Gasteiger charge is 2.35. The average Bonchev–Trinajstić information content (AvgIpc) is 2.47. The van der Waals surface area contributed by atoms with E-state index in [-0.39, 0.29) is 24.0 Å². The number of carbonyl (C=O) groups is 2. The van der Waals surface area contributed by atoms with Crippen LogP contribution in [0, 0.1) is 0 Å². The first-order chi connectivity index (χ1) is 9.61. The number of carbonyl (C=O) groups excluding carboxylic acids is 2. The topological polar surface area (TPSA) is 70.7 Å². The van der Waals surface area contributed by atoms with Gasteiger partial charge in [-0.25, -0.2) is 0 Å². The Bertz CT molecular complexity index is 323. The Morgan fingerprint density at radius 1 is 1.45 bits per heavy atom. The first-order valence-corrected chi connectivity index (χ1v) is 7.52. The smallest absolute Gasteiger partial charge is 0.324 e. The van der Waals surface area contributed by atoms with Crippen molar-refractivity contribution >= 4 is 11.9 Å². The van der Waals surface area contributed by atoms with E-state index in [1.54, 1.807) is 6.92 Å². The van der Waals surface area contributed by atoms with Crippen molar-refractivity contribution in [2.75, 3.05) is 32.8 Å². The maximum Gasteiger partial charge on any atom is 0.324 e. The standard InChI is InChI=1S/C14H27N3O3/c1-4-6-7-16-13(18)11(3)17-9-8-15-10-12(17)14(19)20-5-2/h11-12,15H,4-10H2,1-3H3,(H,16,18). The summed E-state index contributed by atoms with van der Waals surface area (Å²) in [5, 5.41) is 6.10. The van der Waals surface area contributed by atoms with Crippen molar-refractivity contribution < 1.29 is 14.3 Å². The van der Waals surface area contributed by atoms with Crippen molar-refractivity contribution in [3.05, 3.63) is 0 Å². The Morgan fingerprint density at radius 3 is 2.85 bits per heavy atom. The molecule has 2 unspecified atom stereocenters. The van der Waals surface area contributed by atoms with E-state index < -0.39 is 0 Å². The number of nitrogens with zero attached hydrogens (tertiary/aromatic N) is 1. The van der Waals surface area contributed by atoms with Gasteiger partial charge in [0.2, 0.25) is 5.91 Å². The number of hydrogen-bond acceptors (Lipinski definition) is 5. The van der Waals surface area contributed by atoms with Gasteiger partial charge in [-0.15, -0.1) is 0 Å². The van der Waals surface area contributed by atoms with E-state index in [1.165, 1.54) is 0 Å². The number of ether oxygens (including phenoxy) is 1. The fourth-order valence-electron chi connectivity index (χ4n) is 2.33. The van der Waals surface area contributed by atoms with Crippen molar-refractivity contribution in [1.29, 1.82) is 0 Å². The van der Waals surface area contributed by atoms with E-state index in [2.05, 4.69) is 17.6 Å². The lowest BCUT2D eigenvalue weighted by molar-refractivity contribution is -0.152. The number of unbranched alkanes of at least 4 members (excludes halogenated alkanes) is 1. The summed E-state index contributed by atoms with van der Waals surface area (Å²) in [5.41, 5.74) is 0. The second-order valence-electron chi connectivity index (χ2n) is 5.03. The Hall–Kier alpha value is -1.14. The van der Waals surface area contributed by atoms with E-state index in [0.717, 1.165) is 19.4 Å². The van der Waals surface area contributed by atoms with Gasteiger partial charge >= 0.3 is 5.97 Å². The number of nitrogens with one attached hydrogen (secondary N) is 2. The summed E-state index contributed by atoms with van der Waals surface area (Å²) in [5.74, 6) is -0.275. The highest BCUT2D eigenvalue weighted by atomic mass is 16.5. The van der Waals surface area contributed by atoms with Crippen molar-refractivity contribution in [2.45, 2.75) is 45.7 Å². The average molecular weight is 285 g/mol. The lowest BCUT2D eigenvalue weighted by Gasteiger charge is -2.37. The van der Waals surface area contributed by atoms with Gasteiger partial charge < -0.3 is 15.4 Å². The molecule has 2 atom stereocenters. The lowest BCUT2D eigenvalue weighted by atomic mass is 10.1. The van der Waals surface area contributed by atoms with Crippen molar-refractivity contribution in [1.82, 2.24) is 15.5 Å². The van der Waals surface area contributed by atoms with Gasteiger partial charge in [0.15, 0.2) is 0 Å². The summed E-state index contributed by atoms with van der Waals surface area (Å²) < 4.78 is 5.09. The molecule has 6 heteroatoms. The van der Waals surface area contributed by atoms with Crippen LogP contribution in [0.3, 0.4) is 0 Å². The predicted octanol–water partition coefficient (Wildman–Crippen LogP) is 0.128. The molecule has 0 aliphatic carbocycles. The lowest BCUT2D eigenvalue weighted by Crippen LogP contribution is -2.61. The van der Waals surface area contributed by atoms with Crippen LogP contribution >= 0.6 is 0 Å². The van der Waals surface area contributed by atoms with E-state index in [9.17, 15) is 9.59 Å². The fourth-order valence-corrected chi connectivity index (χ4v) is 2.33. The van der Waals surface area contributed by atoms with Gasteiger partial charge in [0, 0.05) is 26.2 Å².